The Morgan fingerprint density at radius 2 is 2.23 bits per heavy atom. The molecular formula is C9H15N3O. The first-order chi connectivity index (χ1) is 6.00. The summed E-state index contributed by atoms with van der Waals surface area (Å²) >= 11 is 0. The van der Waals surface area contributed by atoms with Gasteiger partial charge in [0.25, 0.3) is 0 Å². The lowest BCUT2D eigenvalue weighted by atomic mass is 10.1. The Morgan fingerprint density at radius 1 is 1.62 bits per heavy atom. The van der Waals surface area contributed by atoms with Crippen LogP contribution in [-0.2, 0) is 11.8 Å². The maximum Gasteiger partial charge on any atom is 0.222 e. The van der Waals surface area contributed by atoms with Gasteiger partial charge in [0, 0.05) is 25.7 Å². The van der Waals surface area contributed by atoms with E-state index in [1.807, 2.05) is 13.1 Å². The Kier molecular flexibility index (Phi) is 2.70. The molecule has 4 nitrogen and oxygen atoms in total. The average Bonchev–Trinajstić information content (AvgIpc) is 2.29. The number of anilines is 1. The van der Waals surface area contributed by atoms with E-state index in [2.05, 4.69) is 24.3 Å². The molecule has 0 fully saturated rings. The van der Waals surface area contributed by atoms with Crippen LogP contribution in [0.25, 0.3) is 0 Å². The summed E-state index contributed by atoms with van der Waals surface area (Å²) in [6, 6.07) is 1.89. The van der Waals surface area contributed by atoms with Gasteiger partial charge in [0.2, 0.25) is 5.91 Å². The first kappa shape index (κ1) is 9.77. The summed E-state index contributed by atoms with van der Waals surface area (Å²) in [7, 11) is 1.88. The van der Waals surface area contributed by atoms with Crippen LogP contribution in [0.2, 0.25) is 0 Å². The summed E-state index contributed by atoms with van der Waals surface area (Å²) in [6.45, 7) is 5.66. The van der Waals surface area contributed by atoms with E-state index in [1.54, 1.807) is 4.68 Å². The second-order valence-electron chi connectivity index (χ2n) is 3.41. The van der Waals surface area contributed by atoms with Gasteiger partial charge in [0.1, 0.15) is 0 Å². The first-order valence-corrected chi connectivity index (χ1v) is 4.32. The highest BCUT2D eigenvalue weighted by molar-refractivity contribution is 5.87. The number of hydrogen-bond acceptors (Lipinski definition) is 2. The van der Waals surface area contributed by atoms with Crippen molar-refractivity contribution in [3.63, 3.8) is 0 Å². The third-order valence-corrected chi connectivity index (χ3v) is 1.81. The second kappa shape index (κ2) is 3.60. The molecule has 0 aliphatic carbocycles. The van der Waals surface area contributed by atoms with E-state index >= 15 is 0 Å². The number of nitrogens with zero attached hydrogens (tertiary/aromatic N) is 2. The van der Waals surface area contributed by atoms with Crippen molar-refractivity contribution in [3.05, 3.63) is 11.8 Å². The minimum absolute atomic E-state index is 0.0894. The van der Waals surface area contributed by atoms with E-state index in [0.29, 0.717) is 11.7 Å². The summed E-state index contributed by atoms with van der Waals surface area (Å²) in [5, 5.41) is 6.81. The van der Waals surface area contributed by atoms with Crippen molar-refractivity contribution in [1.82, 2.24) is 9.78 Å². The molecule has 1 N–H and O–H groups in total. The number of nitrogens with one attached hydrogen (secondary N) is 1. The molecule has 4 heteroatoms. The van der Waals surface area contributed by atoms with Crippen molar-refractivity contribution in [2.24, 2.45) is 7.05 Å². The molecule has 0 aromatic carbocycles. The van der Waals surface area contributed by atoms with Gasteiger partial charge in [0.05, 0.1) is 0 Å². The van der Waals surface area contributed by atoms with E-state index < -0.39 is 0 Å². The molecule has 1 amide bonds. The van der Waals surface area contributed by atoms with Crippen molar-refractivity contribution in [2.45, 2.75) is 26.7 Å². The maximum absolute atomic E-state index is 10.7. The minimum atomic E-state index is -0.0894. The van der Waals surface area contributed by atoms with Gasteiger partial charge >= 0.3 is 0 Å². The number of amides is 1. The van der Waals surface area contributed by atoms with Gasteiger partial charge in [-0.1, -0.05) is 13.8 Å². The number of carbonyl (C=O) groups is 1. The molecule has 1 aromatic heterocycles. The molecule has 0 unspecified atom stereocenters. The van der Waals surface area contributed by atoms with E-state index in [0.717, 1.165) is 5.69 Å². The number of hydrogen-bond donors (Lipinski definition) is 1. The predicted molar refractivity (Wildman–Crippen MR) is 51.6 cm³/mol. The Balaban J connectivity index is 2.88. The molecule has 0 radical (unpaired) electrons. The van der Waals surface area contributed by atoms with Crippen molar-refractivity contribution in [1.29, 1.82) is 0 Å². The van der Waals surface area contributed by atoms with Crippen LogP contribution >= 0.6 is 0 Å². The highest BCUT2D eigenvalue weighted by Gasteiger charge is 2.08. The van der Waals surface area contributed by atoms with Crippen LogP contribution in [-0.4, -0.2) is 15.7 Å². The van der Waals surface area contributed by atoms with Crippen LogP contribution in [0.15, 0.2) is 6.07 Å². The summed E-state index contributed by atoms with van der Waals surface area (Å²) in [4.78, 5) is 10.7. The zero-order valence-electron chi connectivity index (χ0n) is 8.46. The lowest BCUT2D eigenvalue weighted by Gasteiger charge is -2.02. The third kappa shape index (κ3) is 2.31. The van der Waals surface area contributed by atoms with Crippen LogP contribution in [0.5, 0.6) is 0 Å². The molecule has 0 aliphatic heterocycles. The molecule has 0 aliphatic rings. The molecular weight excluding hydrogens is 166 g/mol. The summed E-state index contributed by atoms with van der Waals surface area (Å²) in [6.07, 6.45) is 0. The van der Waals surface area contributed by atoms with Gasteiger partial charge in [-0.15, -0.1) is 0 Å². The monoisotopic (exact) mass is 181 g/mol. The maximum atomic E-state index is 10.7. The van der Waals surface area contributed by atoms with Gasteiger partial charge < -0.3 is 5.32 Å². The van der Waals surface area contributed by atoms with Crippen LogP contribution in [0.3, 0.4) is 0 Å². The summed E-state index contributed by atoms with van der Waals surface area (Å²) in [5.74, 6) is 0.951. The highest BCUT2D eigenvalue weighted by atomic mass is 16.1. The zero-order chi connectivity index (χ0) is 10.0. The fraction of sp³-hybridized carbons (Fsp3) is 0.556. The van der Waals surface area contributed by atoms with Gasteiger partial charge in [-0.05, 0) is 5.92 Å². The van der Waals surface area contributed by atoms with Crippen LogP contribution in [0.4, 0.5) is 5.82 Å². The van der Waals surface area contributed by atoms with Crippen LogP contribution in [0.1, 0.15) is 32.4 Å². The second-order valence-corrected chi connectivity index (χ2v) is 3.41. The number of aryl methyl sites for hydroxylation is 1. The number of carbonyl (C=O) groups excluding carboxylic acids is 1. The van der Waals surface area contributed by atoms with E-state index in [9.17, 15) is 4.79 Å². The molecule has 1 rings (SSSR count). The molecule has 1 heterocycles. The Bertz CT molecular complexity index is 315. The highest BCUT2D eigenvalue weighted by Crippen LogP contribution is 2.17. The molecule has 0 bridgehead atoms. The van der Waals surface area contributed by atoms with Crippen molar-refractivity contribution >= 4 is 11.7 Å². The summed E-state index contributed by atoms with van der Waals surface area (Å²) in [5.41, 5.74) is 1.11. The number of rotatable bonds is 2. The Morgan fingerprint density at radius 3 is 2.62 bits per heavy atom. The largest absolute Gasteiger partial charge is 0.309 e. The molecule has 1 aromatic rings. The van der Waals surface area contributed by atoms with Crippen LogP contribution in [0, 0.1) is 0 Å². The van der Waals surface area contributed by atoms with Gasteiger partial charge in [-0.2, -0.15) is 5.10 Å². The van der Waals surface area contributed by atoms with Gasteiger partial charge in [-0.25, -0.2) is 0 Å². The Labute approximate surface area is 77.9 Å². The van der Waals surface area contributed by atoms with E-state index in [1.165, 1.54) is 6.92 Å². The molecule has 0 saturated heterocycles. The van der Waals surface area contributed by atoms with Crippen molar-refractivity contribution in [2.75, 3.05) is 5.32 Å². The Hall–Kier alpha value is -1.32. The van der Waals surface area contributed by atoms with Gasteiger partial charge in [-0.3, -0.25) is 9.48 Å². The topological polar surface area (TPSA) is 46.9 Å². The van der Waals surface area contributed by atoms with E-state index in [-0.39, 0.29) is 5.91 Å². The molecule has 0 atom stereocenters. The zero-order valence-corrected chi connectivity index (χ0v) is 8.46. The standard InChI is InChI=1S/C9H15N3O/c1-6(2)8-5-9(10-7(3)13)11-12(8)4/h5-6H,1-4H3,(H,10,11,13). The molecule has 72 valence electrons. The van der Waals surface area contributed by atoms with Crippen molar-refractivity contribution < 1.29 is 4.79 Å². The normalized spacial score (nSPS) is 10.5. The third-order valence-electron chi connectivity index (χ3n) is 1.81. The lowest BCUT2D eigenvalue weighted by Crippen LogP contribution is -2.06. The predicted octanol–water partition coefficient (Wildman–Crippen LogP) is 1.50. The number of aromatic nitrogens is 2. The fourth-order valence-corrected chi connectivity index (χ4v) is 1.26. The quantitative estimate of drug-likeness (QED) is 0.751. The summed E-state index contributed by atoms with van der Waals surface area (Å²) < 4.78 is 1.79. The first-order valence-electron chi connectivity index (χ1n) is 4.32. The van der Waals surface area contributed by atoms with Gasteiger partial charge in [0.15, 0.2) is 5.82 Å². The van der Waals surface area contributed by atoms with E-state index in [4.69, 9.17) is 0 Å². The lowest BCUT2D eigenvalue weighted by molar-refractivity contribution is -0.114. The fourth-order valence-electron chi connectivity index (χ4n) is 1.26. The SMILES string of the molecule is CC(=O)Nc1cc(C(C)C)n(C)n1. The molecule has 0 saturated carbocycles. The molecule has 13 heavy (non-hydrogen) atoms. The van der Waals surface area contributed by atoms with Crippen molar-refractivity contribution in [3.8, 4) is 0 Å². The smallest absolute Gasteiger partial charge is 0.222 e. The minimum Gasteiger partial charge on any atom is -0.309 e. The van der Waals surface area contributed by atoms with Crippen LogP contribution < -0.4 is 5.32 Å². The molecule has 0 spiro atoms. The average molecular weight is 181 g/mol.